The van der Waals surface area contributed by atoms with Gasteiger partial charge in [0.15, 0.2) is 0 Å². The number of hydrogen-bond donors (Lipinski definition) is 0. The van der Waals surface area contributed by atoms with Gasteiger partial charge in [-0.3, -0.25) is 0 Å². The monoisotopic (exact) mass is 410 g/mol. The van der Waals surface area contributed by atoms with Crippen LogP contribution in [-0.4, -0.2) is 13.2 Å². The van der Waals surface area contributed by atoms with Gasteiger partial charge in [-0.2, -0.15) is 0 Å². The van der Waals surface area contributed by atoms with Crippen molar-refractivity contribution >= 4 is 0 Å². The van der Waals surface area contributed by atoms with Crippen molar-refractivity contribution in [1.29, 1.82) is 0 Å². The third kappa shape index (κ3) is 6.43. The van der Waals surface area contributed by atoms with Crippen molar-refractivity contribution in [3.05, 3.63) is 69.8 Å². The standard InChI is InChI=1S/C28H42O2/c1-9-27(5,6)25-13-11-23(17-21(25)3)19-29-15-16-30-20-24-12-14-26(22(4)18-24)28(7,8)10-2/h11-14,17-18H,9-10,15-16,19-20H2,1-8H3. The highest BCUT2D eigenvalue weighted by Gasteiger charge is 2.21. The van der Waals surface area contributed by atoms with Gasteiger partial charge in [0.1, 0.15) is 0 Å². The number of ether oxygens (including phenoxy) is 2. The van der Waals surface area contributed by atoms with Gasteiger partial charge in [0.25, 0.3) is 0 Å². The first-order valence-electron chi connectivity index (χ1n) is 11.5. The maximum atomic E-state index is 5.84. The minimum atomic E-state index is 0.222. The Kier molecular flexibility index (Phi) is 8.70. The SMILES string of the molecule is CCC(C)(C)c1ccc(COCCOCc2ccc(C(C)(C)CC)c(C)c2)cc1C. The molecule has 0 fully saturated rings. The fraction of sp³-hybridized carbons (Fsp3) is 0.571. The first kappa shape index (κ1) is 24.6. The summed E-state index contributed by atoms with van der Waals surface area (Å²) in [4.78, 5) is 0. The van der Waals surface area contributed by atoms with Crippen LogP contribution in [0.4, 0.5) is 0 Å². The Morgan fingerprint density at radius 3 is 1.30 bits per heavy atom. The van der Waals surface area contributed by atoms with E-state index in [9.17, 15) is 0 Å². The predicted octanol–water partition coefficient (Wildman–Crippen LogP) is 7.41. The second-order valence-corrected chi connectivity index (χ2v) is 9.88. The molecule has 0 heterocycles. The summed E-state index contributed by atoms with van der Waals surface area (Å²) in [5.74, 6) is 0. The van der Waals surface area contributed by atoms with Crippen molar-refractivity contribution in [1.82, 2.24) is 0 Å². The summed E-state index contributed by atoms with van der Waals surface area (Å²) in [5.41, 5.74) is 8.47. The molecule has 0 aliphatic carbocycles. The lowest BCUT2D eigenvalue weighted by molar-refractivity contribution is 0.0338. The highest BCUT2D eigenvalue weighted by atomic mass is 16.5. The van der Waals surface area contributed by atoms with E-state index in [1.165, 1.54) is 33.4 Å². The van der Waals surface area contributed by atoms with Crippen LogP contribution in [0.25, 0.3) is 0 Å². The van der Waals surface area contributed by atoms with E-state index < -0.39 is 0 Å². The summed E-state index contributed by atoms with van der Waals surface area (Å²) < 4.78 is 11.7. The van der Waals surface area contributed by atoms with Crippen LogP contribution in [0.2, 0.25) is 0 Å². The average molecular weight is 411 g/mol. The Morgan fingerprint density at radius 2 is 1.00 bits per heavy atom. The van der Waals surface area contributed by atoms with Gasteiger partial charge in [-0.1, -0.05) is 77.9 Å². The largest absolute Gasteiger partial charge is 0.374 e. The van der Waals surface area contributed by atoms with Gasteiger partial charge in [0, 0.05) is 0 Å². The van der Waals surface area contributed by atoms with Gasteiger partial charge in [-0.15, -0.1) is 0 Å². The summed E-state index contributed by atoms with van der Waals surface area (Å²) in [6, 6.07) is 13.4. The summed E-state index contributed by atoms with van der Waals surface area (Å²) in [6.07, 6.45) is 2.28. The zero-order valence-electron chi connectivity index (χ0n) is 20.5. The van der Waals surface area contributed by atoms with E-state index in [2.05, 4.69) is 91.8 Å². The number of rotatable bonds is 11. The Balaban J connectivity index is 1.76. The van der Waals surface area contributed by atoms with Crippen molar-refractivity contribution < 1.29 is 9.47 Å². The van der Waals surface area contributed by atoms with Gasteiger partial charge in [-0.25, -0.2) is 0 Å². The van der Waals surface area contributed by atoms with Crippen LogP contribution >= 0.6 is 0 Å². The van der Waals surface area contributed by atoms with Crippen molar-refractivity contribution in [2.75, 3.05) is 13.2 Å². The molecule has 0 spiro atoms. The minimum absolute atomic E-state index is 0.222. The molecule has 166 valence electrons. The fourth-order valence-corrected chi connectivity index (χ4v) is 4.03. The molecule has 0 unspecified atom stereocenters. The van der Waals surface area contributed by atoms with Crippen molar-refractivity contribution in [2.45, 2.75) is 92.3 Å². The highest BCUT2D eigenvalue weighted by molar-refractivity contribution is 5.36. The van der Waals surface area contributed by atoms with E-state index in [4.69, 9.17) is 9.47 Å². The zero-order chi connectivity index (χ0) is 22.4. The lowest BCUT2D eigenvalue weighted by Crippen LogP contribution is -2.17. The van der Waals surface area contributed by atoms with Crippen LogP contribution < -0.4 is 0 Å². The Morgan fingerprint density at radius 1 is 0.633 bits per heavy atom. The van der Waals surface area contributed by atoms with Crippen LogP contribution in [0.5, 0.6) is 0 Å². The molecule has 0 bridgehead atoms. The molecular weight excluding hydrogens is 368 g/mol. The molecule has 0 atom stereocenters. The van der Waals surface area contributed by atoms with Crippen LogP contribution in [0.1, 0.15) is 87.8 Å². The van der Waals surface area contributed by atoms with Crippen LogP contribution in [-0.2, 0) is 33.5 Å². The van der Waals surface area contributed by atoms with Gasteiger partial charge in [0.05, 0.1) is 26.4 Å². The van der Waals surface area contributed by atoms with E-state index in [0.717, 1.165) is 12.8 Å². The second-order valence-electron chi connectivity index (χ2n) is 9.88. The quantitative estimate of drug-likeness (QED) is 0.359. The maximum absolute atomic E-state index is 5.84. The maximum Gasteiger partial charge on any atom is 0.0718 e. The number of hydrogen-bond acceptors (Lipinski definition) is 2. The number of aryl methyl sites for hydroxylation is 2. The molecule has 0 N–H and O–H groups in total. The molecular formula is C28H42O2. The van der Waals surface area contributed by atoms with Crippen LogP contribution in [0, 0.1) is 13.8 Å². The molecule has 0 saturated heterocycles. The first-order valence-corrected chi connectivity index (χ1v) is 11.5. The minimum Gasteiger partial charge on any atom is -0.374 e. The molecule has 2 aromatic carbocycles. The molecule has 2 nitrogen and oxygen atoms in total. The zero-order valence-corrected chi connectivity index (χ0v) is 20.5. The third-order valence-corrected chi connectivity index (χ3v) is 6.72. The third-order valence-electron chi connectivity index (χ3n) is 6.72. The smallest absolute Gasteiger partial charge is 0.0718 e. The Hall–Kier alpha value is -1.64. The Bertz CT molecular complexity index is 748. The normalized spacial score (nSPS) is 12.4. The van der Waals surface area contributed by atoms with Gasteiger partial charge >= 0.3 is 0 Å². The van der Waals surface area contributed by atoms with Gasteiger partial charge in [-0.05, 0) is 70.9 Å². The lowest BCUT2D eigenvalue weighted by atomic mass is 9.79. The highest BCUT2D eigenvalue weighted by Crippen LogP contribution is 2.31. The molecule has 0 radical (unpaired) electrons. The molecule has 2 rings (SSSR count). The van der Waals surface area contributed by atoms with Crippen molar-refractivity contribution in [3.8, 4) is 0 Å². The molecule has 30 heavy (non-hydrogen) atoms. The molecule has 0 aliphatic rings. The summed E-state index contributed by atoms with van der Waals surface area (Å²) >= 11 is 0. The summed E-state index contributed by atoms with van der Waals surface area (Å²) in [6.45, 7) is 20.6. The van der Waals surface area contributed by atoms with E-state index in [1.54, 1.807) is 0 Å². The van der Waals surface area contributed by atoms with E-state index >= 15 is 0 Å². The van der Waals surface area contributed by atoms with Crippen LogP contribution in [0.15, 0.2) is 36.4 Å². The second kappa shape index (κ2) is 10.6. The molecule has 2 aromatic rings. The first-order chi connectivity index (χ1) is 14.1. The summed E-state index contributed by atoms with van der Waals surface area (Å²) in [7, 11) is 0. The van der Waals surface area contributed by atoms with Gasteiger partial charge < -0.3 is 9.47 Å². The average Bonchev–Trinajstić information content (AvgIpc) is 2.70. The number of benzene rings is 2. The molecule has 0 aliphatic heterocycles. The summed E-state index contributed by atoms with van der Waals surface area (Å²) in [5, 5.41) is 0. The van der Waals surface area contributed by atoms with E-state index in [1.807, 2.05) is 0 Å². The molecule has 0 saturated carbocycles. The topological polar surface area (TPSA) is 18.5 Å². The van der Waals surface area contributed by atoms with E-state index in [-0.39, 0.29) is 10.8 Å². The van der Waals surface area contributed by atoms with Crippen LogP contribution in [0.3, 0.4) is 0 Å². The van der Waals surface area contributed by atoms with E-state index in [0.29, 0.717) is 26.4 Å². The van der Waals surface area contributed by atoms with Crippen molar-refractivity contribution in [2.24, 2.45) is 0 Å². The fourth-order valence-electron chi connectivity index (χ4n) is 4.03. The lowest BCUT2D eigenvalue weighted by Gasteiger charge is -2.26. The Labute approximate surface area is 185 Å². The molecule has 2 heteroatoms. The molecule has 0 aromatic heterocycles. The van der Waals surface area contributed by atoms with Gasteiger partial charge in [0.2, 0.25) is 0 Å². The molecule has 0 amide bonds. The van der Waals surface area contributed by atoms with Crippen molar-refractivity contribution in [3.63, 3.8) is 0 Å². The predicted molar refractivity (Wildman–Crippen MR) is 128 cm³/mol.